The average molecular weight is 160 g/mol. The van der Waals surface area contributed by atoms with E-state index in [-0.39, 0.29) is 32.7 Å². The molecule has 6 heavy (non-hydrogen) atoms. The van der Waals surface area contributed by atoms with Crippen LogP contribution in [0.5, 0.6) is 0 Å². The van der Waals surface area contributed by atoms with Crippen LogP contribution in [0.25, 0.3) is 0 Å². The van der Waals surface area contributed by atoms with Gasteiger partial charge in [-0.25, -0.2) is 0 Å². The Balaban J connectivity index is 0. The standard InChI is InChI=1S/C2H4BO2.Y/c1-3-2(4)5;/h1H3,(H,4,5);. The van der Waals surface area contributed by atoms with E-state index in [2.05, 4.69) is 0 Å². The van der Waals surface area contributed by atoms with E-state index in [1.165, 1.54) is 6.82 Å². The minimum Gasteiger partial charge on any atom is -0.490 e. The zero-order valence-corrected chi connectivity index (χ0v) is 6.35. The molecule has 0 unspecified atom stereocenters. The summed E-state index contributed by atoms with van der Waals surface area (Å²) < 4.78 is 0. The number of hydrogen-bond acceptors (Lipinski definition) is 1. The van der Waals surface area contributed by atoms with Gasteiger partial charge in [-0.1, -0.05) is 6.82 Å². The molecule has 0 heterocycles. The first kappa shape index (κ1) is 9.81. The molecule has 0 amide bonds. The van der Waals surface area contributed by atoms with E-state index in [4.69, 9.17) is 5.11 Å². The molecule has 0 aromatic carbocycles. The molecule has 0 aliphatic heterocycles. The molecule has 0 aliphatic carbocycles. The molecule has 0 aromatic heterocycles. The third-order valence-electron chi connectivity index (χ3n) is 0.247. The van der Waals surface area contributed by atoms with E-state index in [1.54, 1.807) is 0 Å². The summed E-state index contributed by atoms with van der Waals surface area (Å²) in [7, 11) is 1.08. The SMILES string of the molecule is C[B]C(=O)O.[Y]. The molecule has 0 fully saturated rings. The van der Waals surface area contributed by atoms with E-state index in [0.717, 1.165) is 7.28 Å². The van der Waals surface area contributed by atoms with Crippen molar-refractivity contribution in [2.75, 3.05) is 0 Å². The molecule has 0 aromatic rings. The van der Waals surface area contributed by atoms with E-state index >= 15 is 0 Å². The molecule has 1 N–H and O–H groups in total. The van der Waals surface area contributed by atoms with Crippen LogP contribution in [0.15, 0.2) is 0 Å². The Kier molecular flexibility index (Phi) is 9.22. The van der Waals surface area contributed by atoms with Gasteiger partial charge in [-0.15, -0.1) is 0 Å². The zero-order valence-electron chi connectivity index (χ0n) is 3.51. The average Bonchev–Trinajstić information content (AvgIpc) is 1.38. The van der Waals surface area contributed by atoms with Crippen molar-refractivity contribution in [1.82, 2.24) is 0 Å². The number of hydrogen-bond donors (Lipinski definition) is 1. The van der Waals surface area contributed by atoms with Gasteiger partial charge >= 0.3 is 0 Å². The maximum Gasteiger partial charge on any atom is 0.257 e. The third kappa shape index (κ3) is 8.82. The fourth-order valence-corrected chi connectivity index (χ4v) is 0. The Hall–Kier alpha value is 0.639. The minimum atomic E-state index is -0.870. The predicted octanol–water partition coefficient (Wildman–Crippen LogP) is 0.414. The van der Waals surface area contributed by atoms with Crippen molar-refractivity contribution in [2.24, 2.45) is 0 Å². The van der Waals surface area contributed by atoms with Gasteiger partial charge in [0, 0.05) is 32.7 Å². The van der Waals surface area contributed by atoms with Gasteiger partial charge in [0.05, 0.1) is 0 Å². The molecule has 2 nitrogen and oxygen atoms in total. The van der Waals surface area contributed by atoms with Crippen LogP contribution in [0.1, 0.15) is 0 Å². The number of carbonyl (C=O) groups is 1. The van der Waals surface area contributed by atoms with Crippen molar-refractivity contribution in [1.29, 1.82) is 0 Å². The van der Waals surface area contributed by atoms with Gasteiger partial charge in [0.25, 0.3) is 7.28 Å². The quantitative estimate of drug-likeness (QED) is 0.564. The summed E-state index contributed by atoms with van der Waals surface area (Å²) in [5, 5.41) is 7.67. The Bertz CT molecular complexity index is 46.8. The monoisotopic (exact) mass is 160 g/mol. The summed E-state index contributed by atoms with van der Waals surface area (Å²) in [6.45, 7) is 1.47. The maximum absolute atomic E-state index is 9.31. The van der Waals surface area contributed by atoms with Crippen LogP contribution >= 0.6 is 0 Å². The summed E-state index contributed by atoms with van der Waals surface area (Å²) >= 11 is 0. The fourth-order valence-electron chi connectivity index (χ4n) is 0. The molecular weight excluding hydrogens is 156 g/mol. The second-order valence-electron chi connectivity index (χ2n) is 0.627. The first-order valence-corrected chi connectivity index (χ1v) is 1.29. The van der Waals surface area contributed by atoms with Gasteiger partial charge in [0.1, 0.15) is 0 Å². The molecule has 30 valence electrons. The third-order valence-corrected chi connectivity index (χ3v) is 0.247. The molecule has 4 heteroatoms. The summed E-state index contributed by atoms with van der Waals surface area (Å²) in [6, 6.07) is 0. The number of rotatable bonds is 1. The van der Waals surface area contributed by atoms with Gasteiger partial charge in [0.2, 0.25) is 5.87 Å². The molecule has 0 rings (SSSR count). The summed E-state index contributed by atoms with van der Waals surface area (Å²) in [4.78, 5) is 9.31. The van der Waals surface area contributed by atoms with Crippen molar-refractivity contribution < 1.29 is 42.6 Å². The van der Waals surface area contributed by atoms with E-state index in [9.17, 15) is 4.79 Å². The van der Waals surface area contributed by atoms with Gasteiger partial charge in [-0.3, -0.25) is 4.79 Å². The zero-order chi connectivity index (χ0) is 4.28. The van der Waals surface area contributed by atoms with Crippen molar-refractivity contribution in [3.8, 4) is 0 Å². The second kappa shape index (κ2) is 5.64. The van der Waals surface area contributed by atoms with E-state index in [1.807, 2.05) is 0 Å². The Morgan fingerprint density at radius 1 is 1.83 bits per heavy atom. The molecule has 0 saturated carbocycles. The van der Waals surface area contributed by atoms with Crippen LogP contribution in [0.2, 0.25) is 6.82 Å². The molecule has 2 radical (unpaired) electrons. The summed E-state index contributed by atoms with van der Waals surface area (Å²) in [5.41, 5.74) is 0. The molecular formula is C2H4BO2Y. The molecule has 0 bridgehead atoms. The van der Waals surface area contributed by atoms with Gasteiger partial charge in [-0.2, -0.15) is 0 Å². The Labute approximate surface area is 62.4 Å². The van der Waals surface area contributed by atoms with Gasteiger partial charge in [-0.05, 0) is 0 Å². The molecule has 0 atom stereocenters. The number of carboxylic acid groups (broad SMARTS) is 1. The van der Waals surface area contributed by atoms with Crippen molar-refractivity contribution in [3.05, 3.63) is 0 Å². The maximum atomic E-state index is 9.31. The predicted molar refractivity (Wildman–Crippen MR) is 19.6 cm³/mol. The summed E-state index contributed by atoms with van der Waals surface area (Å²) in [6.07, 6.45) is 0. The first-order valence-electron chi connectivity index (χ1n) is 1.29. The molecule has 0 aliphatic rings. The van der Waals surface area contributed by atoms with Gasteiger partial charge in [0.15, 0.2) is 0 Å². The van der Waals surface area contributed by atoms with Crippen LogP contribution in [0.4, 0.5) is 4.79 Å². The normalized spacial score (nSPS) is 5.50. The smallest absolute Gasteiger partial charge is 0.257 e. The van der Waals surface area contributed by atoms with Gasteiger partial charge < -0.3 is 5.11 Å². The largest absolute Gasteiger partial charge is 0.490 e. The van der Waals surface area contributed by atoms with Crippen molar-refractivity contribution in [2.45, 2.75) is 6.82 Å². The molecule has 0 saturated heterocycles. The Morgan fingerprint density at radius 2 is 2.00 bits per heavy atom. The second-order valence-corrected chi connectivity index (χ2v) is 0.627. The van der Waals surface area contributed by atoms with Crippen LogP contribution in [0, 0.1) is 0 Å². The fraction of sp³-hybridized carbons (Fsp3) is 0.500. The minimum absolute atomic E-state index is 0. The van der Waals surface area contributed by atoms with E-state index < -0.39 is 5.87 Å². The van der Waals surface area contributed by atoms with Crippen molar-refractivity contribution in [3.63, 3.8) is 0 Å². The van der Waals surface area contributed by atoms with Crippen LogP contribution in [-0.2, 0) is 32.7 Å². The van der Waals surface area contributed by atoms with Crippen LogP contribution in [0.3, 0.4) is 0 Å². The van der Waals surface area contributed by atoms with Crippen LogP contribution < -0.4 is 0 Å². The van der Waals surface area contributed by atoms with Crippen molar-refractivity contribution >= 4 is 13.1 Å². The van der Waals surface area contributed by atoms with Crippen LogP contribution in [-0.4, -0.2) is 18.3 Å². The first-order chi connectivity index (χ1) is 2.27. The summed E-state index contributed by atoms with van der Waals surface area (Å²) in [5.74, 6) is -0.870. The topological polar surface area (TPSA) is 37.3 Å². The Morgan fingerprint density at radius 3 is 2.00 bits per heavy atom. The molecule has 0 spiro atoms. The van der Waals surface area contributed by atoms with E-state index in [0.29, 0.717) is 0 Å².